The molecule has 0 heterocycles. The Hall–Kier alpha value is -0.125. The largest absolute Gasteiger partial charge is 1.00 e. The molecule has 2 radical (unpaired) electrons. The average Bonchev–Trinajstić information content (AvgIpc) is 2.96. The van der Waals surface area contributed by atoms with Gasteiger partial charge in [-0.1, -0.05) is 30.3 Å². The average molecular weight is 495 g/mol. The maximum absolute atomic E-state index is 11.0. The SMILES string of the molecule is CC(=O)O[C@H]1[CH][C@H]2C[C@@H]1C[C@H]2OCc1ccccc1.[Cl-].[Hg+]. The molecule has 21 heavy (non-hydrogen) atoms. The van der Waals surface area contributed by atoms with Crippen LogP contribution in [0.25, 0.3) is 0 Å². The van der Waals surface area contributed by atoms with E-state index in [-0.39, 0.29) is 58.3 Å². The molecule has 110 valence electrons. The van der Waals surface area contributed by atoms with Crippen molar-refractivity contribution in [1.82, 2.24) is 0 Å². The Morgan fingerprint density at radius 1 is 1.24 bits per heavy atom. The Kier molecular flexibility index (Phi) is 7.65. The molecule has 1 aromatic rings. The fraction of sp³-hybridized carbons (Fsp3) is 0.500. The monoisotopic (exact) mass is 496 g/mol. The minimum Gasteiger partial charge on any atom is -1.00 e. The molecule has 0 saturated heterocycles. The molecule has 0 aliphatic heterocycles. The standard InChI is InChI=1S/C16H19O3.ClH.Hg/c1-11(17)19-16-9-13-7-14(16)8-15(13)18-10-12-5-3-2-4-6-12;;/h2-6,9,13-16H,7-8,10H2,1H3;1H;/q;;+1/p-1/t13-,14-,15-,16+;;/m1../s1. The molecule has 4 atom stereocenters. The minimum atomic E-state index is -0.185. The van der Waals surface area contributed by atoms with Gasteiger partial charge in [-0.15, -0.1) is 0 Å². The number of carbonyl (C=O) groups excluding carboxylic acids is 1. The third-order valence-corrected chi connectivity index (χ3v) is 4.10. The molecule has 0 aromatic heterocycles. The van der Waals surface area contributed by atoms with Gasteiger partial charge in [0.1, 0.15) is 6.10 Å². The third kappa shape index (κ3) is 4.67. The molecule has 2 saturated carbocycles. The zero-order chi connectivity index (χ0) is 13.2. The van der Waals surface area contributed by atoms with Gasteiger partial charge in [0.2, 0.25) is 0 Å². The van der Waals surface area contributed by atoms with Gasteiger partial charge in [-0.3, -0.25) is 4.79 Å². The summed E-state index contributed by atoms with van der Waals surface area (Å²) < 4.78 is 11.3. The van der Waals surface area contributed by atoms with E-state index in [4.69, 9.17) is 9.47 Å². The summed E-state index contributed by atoms with van der Waals surface area (Å²) in [6, 6.07) is 10.2. The van der Waals surface area contributed by atoms with Crippen LogP contribution in [0.1, 0.15) is 25.3 Å². The van der Waals surface area contributed by atoms with Crippen molar-refractivity contribution in [3.8, 4) is 0 Å². The molecular weight excluding hydrogens is 476 g/mol. The topological polar surface area (TPSA) is 35.5 Å². The zero-order valence-electron chi connectivity index (χ0n) is 12.2. The summed E-state index contributed by atoms with van der Waals surface area (Å²) in [4.78, 5) is 11.0. The van der Waals surface area contributed by atoms with Gasteiger partial charge in [0.05, 0.1) is 12.7 Å². The van der Waals surface area contributed by atoms with E-state index < -0.39 is 0 Å². The fourth-order valence-corrected chi connectivity index (χ4v) is 3.24. The predicted molar refractivity (Wildman–Crippen MR) is 71.1 cm³/mol. The molecule has 0 N–H and O–H groups in total. The number of ether oxygens (including phenoxy) is 2. The first kappa shape index (κ1) is 18.9. The van der Waals surface area contributed by atoms with Crippen molar-refractivity contribution in [3.63, 3.8) is 0 Å². The molecule has 1 aromatic carbocycles. The smallest absolute Gasteiger partial charge is 1.00 e. The molecule has 2 bridgehead atoms. The van der Waals surface area contributed by atoms with E-state index >= 15 is 0 Å². The van der Waals surface area contributed by atoms with Gasteiger partial charge in [0.15, 0.2) is 0 Å². The number of hydrogen-bond donors (Lipinski definition) is 0. The molecule has 3 rings (SSSR count). The molecule has 0 spiro atoms. The van der Waals surface area contributed by atoms with Crippen LogP contribution < -0.4 is 12.4 Å². The summed E-state index contributed by atoms with van der Waals surface area (Å²) in [6.45, 7) is 2.14. The van der Waals surface area contributed by atoms with E-state index in [1.165, 1.54) is 12.5 Å². The summed E-state index contributed by atoms with van der Waals surface area (Å²) >= 11 is 0. The number of carbonyl (C=O) groups is 1. The number of hydrogen-bond acceptors (Lipinski definition) is 3. The van der Waals surface area contributed by atoms with Crippen LogP contribution in [0.2, 0.25) is 0 Å². The summed E-state index contributed by atoms with van der Waals surface area (Å²) in [6.07, 6.45) is 4.56. The van der Waals surface area contributed by atoms with Gasteiger partial charge in [0.25, 0.3) is 0 Å². The summed E-state index contributed by atoms with van der Waals surface area (Å²) in [5, 5.41) is 0. The maximum Gasteiger partial charge on any atom is 1.00 e. The van der Waals surface area contributed by atoms with Gasteiger partial charge in [-0.2, -0.15) is 0 Å². The quantitative estimate of drug-likeness (QED) is 0.427. The Balaban J connectivity index is 0.00000110. The molecular formula is C16H19ClHgO3. The van der Waals surface area contributed by atoms with Gasteiger partial charge in [-0.25, -0.2) is 0 Å². The normalized spacial score (nSPS) is 29.4. The Morgan fingerprint density at radius 3 is 2.52 bits per heavy atom. The van der Waals surface area contributed by atoms with Crippen LogP contribution in [0, 0.1) is 18.3 Å². The number of rotatable bonds is 4. The molecule has 0 unspecified atom stereocenters. The second kappa shape index (κ2) is 8.49. The molecule has 3 nitrogen and oxygen atoms in total. The second-order valence-corrected chi connectivity index (χ2v) is 5.50. The van der Waals surface area contributed by atoms with Crippen molar-refractivity contribution in [2.45, 2.75) is 38.6 Å². The third-order valence-electron chi connectivity index (χ3n) is 4.10. The Bertz CT molecular complexity index is 454. The van der Waals surface area contributed by atoms with Crippen LogP contribution in [0.5, 0.6) is 0 Å². The van der Waals surface area contributed by atoms with E-state index in [1.807, 2.05) is 18.2 Å². The van der Waals surface area contributed by atoms with Gasteiger partial charge < -0.3 is 21.9 Å². The van der Waals surface area contributed by atoms with E-state index in [0.29, 0.717) is 18.4 Å². The number of fused-ring (bicyclic) bond motifs is 2. The molecule has 0 amide bonds. The van der Waals surface area contributed by atoms with Crippen LogP contribution >= 0.6 is 0 Å². The molecule has 2 aliphatic carbocycles. The first-order valence-electron chi connectivity index (χ1n) is 6.90. The van der Waals surface area contributed by atoms with Crippen LogP contribution in [0.15, 0.2) is 30.3 Å². The van der Waals surface area contributed by atoms with Gasteiger partial charge in [0, 0.05) is 13.3 Å². The summed E-state index contributed by atoms with van der Waals surface area (Å²) in [5.74, 6) is 0.711. The van der Waals surface area contributed by atoms with Crippen LogP contribution in [0.3, 0.4) is 0 Å². The van der Waals surface area contributed by atoms with Gasteiger partial charge >= 0.3 is 33.6 Å². The predicted octanol–water partition coefficient (Wildman–Crippen LogP) is -0.251. The van der Waals surface area contributed by atoms with Crippen molar-refractivity contribution in [2.75, 3.05) is 0 Å². The van der Waals surface area contributed by atoms with Gasteiger partial charge in [-0.05, 0) is 30.2 Å². The van der Waals surface area contributed by atoms with Crippen molar-refractivity contribution in [2.24, 2.45) is 11.8 Å². The van der Waals surface area contributed by atoms with E-state index in [1.54, 1.807) is 0 Å². The maximum atomic E-state index is 11.0. The number of esters is 1. The minimum absolute atomic E-state index is 0. The Morgan fingerprint density at radius 2 is 1.95 bits per heavy atom. The number of benzene rings is 1. The van der Waals surface area contributed by atoms with Crippen molar-refractivity contribution in [1.29, 1.82) is 0 Å². The van der Waals surface area contributed by atoms with Crippen molar-refractivity contribution < 1.29 is 54.3 Å². The molecule has 2 aliphatic rings. The fourth-order valence-electron chi connectivity index (χ4n) is 3.24. The zero-order valence-corrected chi connectivity index (χ0v) is 18.5. The summed E-state index contributed by atoms with van der Waals surface area (Å²) in [7, 11) is 0. The summed E-state index contributed by atoms with van der Waals surface area (Å²) in [5.41, 5.74) is 1.21. The first-order valence-corrected chi connectivity index (χ1v) is 6.90. The van der Waals surface area contributed by atoms with E-state index in [9.17, 15) is 4.79 Å². The van der Waals surface area contributed by atoms with Crippen LogP contribution in [0.4, 0.5) is 0 Å². The first-order chi connectivity index (χ1) is 9.22. The van der Waals surface area contributed by atoms with Crippen LogP contribution in [-0.2, 0) is 48.5 Å². The van der Waals surface area contributed by atoms with E-state index in [2.05, 4.69) is 18.6 Å². The van der Waals surface area contributed by atoms with Crippen LogP contribution in [-0.4, -0.2) is 18.2 Å². The van der Waals surface area contributed by atoms with Crippen molar-refractivity contribution >= 4 is 5.97 Å². The van der Waals surface area contributed by atoms with Crippen molar-refractivity contribution in [3.05, 3.63) is 42.3 Å². The Labute approximate surface area is 152 Å². The molecule has 2 fully saturated rings. The van der Waals surface area contributed by atoms with E-state index in [0.717, 1.165) is 12.8 Å². The second-order valence-electron chi connectivity index (χ2n) is 5.50. The molecule has 5 heteroatoms. The number of halogens is 1.